The van der Waals surface area contributed by atoms with Crippen LogP contribution in [0.4, 0.5) is 4.79 Å². The average Bonchev–Trinajstić information content (AvgIpc) is 3.11. The number of carbonyl (C=O) groups excluding carboxylic acids is 1. The molecule has 0 bridgehead atoms. The Morgan fingerprint density at radius 1 is 1.41 bits per heavy atom. The third kappa shape index (κ3) is 2.48. The Balaban J connectivity index is 1.83. The molecule has 1 aliphatic carbocycles. The number of hydrogen-bond donors (Lipinski definition) is 1. The monoisotopic (exact) mass is 306 g/mol. The minimum absolute atomic E-state index is 0.0244. The Hall–Kier alpha value is -1.59. The van der Waals surface area contributed by atoms with Crippen molar-refractivity contribution in [3.63, 3.8) is 0 Å². The molecule has 2 atom stereocenters. The van der Waals surface area contributed by atoms with Crippen LogP contribution in [0.5, 0.6) is 0 Å². The van der Waals surface area contributed by atoms with E-state index in [-0.39, 0.29) is 23.4 Å². The second-order valence-electron chi connectivity index (χ2n) is 7.34. The molecule has 0 unspecified atom stereocenters. The van der Waals surface area contributed by atoms with Crippen LogP contribution >= 0.6 is 0 Å². The first-order valence-electron chi connectivity index (χ1n) is 8.32. The van der Waals surface area contributed by atoms with Crippen molar-refractivity contribution < 1.29 is 9.32 Å². The highest BCUT2D eigenvalue weighted by Gasteiger charge is 2.54. The van der Waals surface area contributed by atoms with Crippen LogP contribution in [-0.4, -0.2) is 40.2 Å². The van der Waals surface area contributed by atoms with Crippen LogP contribution < -0.4 is 5.32 Å². The predicted molar refractivity (Wildman–Crippen MR) is 82.6 cm³/mol. The number of nitrogens with one attached hydrogen (secondary N) is 1. The van der Waals surface area contributed by atoms with Crippen molar-refractivity contribution >= 4 is 6.03 Å². The summed E-state index contributed by atoms with van der Waals surface area (Å²) < 4.78 is 5.42. The SMILES string of the molecule is CC(C)NC(=O)N1C[C@H]2CCC[C@@]2(c2noc(C(C)C)n2)C1. The Morgan fingerprint density at radius 3 is 2.82 bits per heavy atom. The van der Waals surface area contributed by atoms with E-state index in [9.17, 15) is 4.79 Å². The van der Waals surface area contributed by atoms with Crippen molar-refractivity contribution in [2.24, 2.45) is 5.92 Å². The van der Waals surface area contributed by atoms with Crippen LogP contribution in [0.15, 0.2) is 4.52 Å². The molecule has 1 saturated carbocycles. The lowest BCUT2D eigenvalue weighted by Gasteiger charge is -2.25. The highest BCUT2D eigenvalue weighted by Crippen LogP contribution is 2.49. The van der Waals surface area contributed by atoms with Crippen LogP contribution in [-0.2, 0) is 5.41 Å². The number of rotatable bonds is 3. The van der Waals surface area contributed by atoms with Gasteiger partial charge in [-0.05, 0) is 32.6 Å². The molecule has 22 heavy (non-hydrogen) atoms. The van der Waals surface area contributed by atoms with Crippen LogP contribution in [0.3, 0.4) is 0 Å². The lowest BCUT2D eigenvalue weighted by Crippen LogP contribution is -2.43. The molecule has 1 N–H and O–H groups in total. The third-order valence-corrected chi connectivity index (χ3v) is 4.95. The molecule has 0 radical (unpaired) electrons. The first-order chi connectivity index (χ1) is 10.4. The van der Waals surface area contributed by atoms with Gasteiger partial charge in [0.2, 0.25) is 5.89 Å². The number of aromatic nitrogens is 2. The van der Waals surface area contributed by atoms with Gasteiger partial charge in [-0.15, -0.1) is 0 Å². The predicted octanol–water partition coefficient (Wildman–Crippen LogP) is 2.66. The van der Waals surface area contributed by atoms with Gasteiger partial charge in [0.1, 0.15) is 0 Å². The van der Waals surface area contributed by atoms with Crippen LogP contribution in [0.2, 0.25) is 0 Å². The number of fused-ring (bicyclic) bond motifs is 1. The molecular weight excluding hydrogens is 280 g/mol. The summed E-state index contributed by atoms with van der Waals surface area (Å²) in [6.07, 6.45) is 3.35. The number of likely N-dealkylation sites (tertiary alicyclic amines) is 1. The average molecular weight is 306 g/mol. The van der Waals surface area contributed by atoms with Crippen molar-refractivity contribution in [3.8, 4) is 0 Å². The molecule has 1 aromatic heterocycles. The van der Waals surface area contributed by atoms with E-state index < -0.39 is 0 Å². The Labute approximate surface area is 131 Å². The highest BCUT2D eigenvalue weighted by atomic mass is 16.5. The van der Waals surface area contributed by atoms with Crippen molar-refractivity contribution in [2.45, 2.75) is 64.3 Å². The molecule has 0 aromatic carbocycles. The summed E-state index contributed by atoms with van der Waals surface area (Å²) in [6, 6.07) is 0.179. The Bertz CT molecular complexity index is 554. The summed E-state index contributed by atoms with van der Waals surface area (Å²) >= 11 is 0. The molecular formula is C16H26N4O2. The summed E-state index contributed by atoms with van der Waals surface area (Å²) in [6.45, 7) is 9.57. The molecule has 3 rings (SSSR count). The van der Waals surface area contributed by atoms with Gasteiger partial charge in [-0.1, -0.05) is 25.4 Å². The zero-order valence-electron chi connectivity index (χ0n) is 13.9. The second-order valence-corrected chi connectivity index (χ2v) is 7.34. The lowest BCUT2D eigenvalue weighted by molar-refractivity contribution is 0.201. The summed E-state index contributed by atoms with van der Waals surface area (Å²) in [7, 11) is 0. The fourth-order valence-corrected chi connectivity index (χ4v) is 3.82. The van der Waals surface area contributed by atoms with Crippen LogP contribution in [0, 0.1) is 5.92 Å². The molecule has 0 spiro atoms. The molecule has 6 nitrogen and oxygen atoms in total. The zero-order valence-corrected chi connectivity index (χ0v) is 13.9. The van der Waals surface area contributed by atoms with Gasteiger partial charge in [0.25, 0.3) is 0 Å². The molecule has 1 aliphatic heterocycles. The first kappa shape index (κ1) is 15.3. The minimum atomic E-state index is -0.106. The standard InChI is InChI=1S/C16H26N4O2/c1-10(2)13-18-14(19-22-13)16-7-5-6-12(16)8-20(9-16)15(21)17-11(3)4/h10-12H,5-9H2,1-4H3,(H,17,21)/t12-,16-/m1/s1. The van der Waals surface area contributed by atoms with Crippen molar-refractivity contribution in [1.29, 1.82) is 0 Å². The van der Waals surface area contributed by atoms with Crippen molar-refractivity contribution in [3.05, 3.63) is 11.7 Å². The fraction of sp³-hybridized carbons (Fsp3) is 0.812. The maximum Gasteiger partial charge on any atom is 0.317 e. The minimum Gasteiger partial charge on any atom is -0.339 e. The first-order valence-corrected chi connectivity index (χ1v) is 8.32. The normalized spacial score (nSPS) is 27.7. The number of urea groups is 1. The van der Waals surface area contributed by atoms with E-state index in [0.29, 0.717) is 18.4 Å². The van der Waals surface area contributed by atoms with Gasteiger partial charge in [-0.25, -0.2) is 4.79 Å². The van der Waals surface area contributed by atoms with E-state index in [2.05, 4.69) is 29.3 Å². The molecule has 2 aliphatic rings. The summed E-state index contributed by atoms with van der Waals surface area (Å²) in [5.74, 6) is 2.18. The maximum absolute atomic E-state index is 12.3. The largest absolute Gasteiger partial charge is 0.339 e. The third-order valence-electron chi connectivity index (χ3n) is 4.95. The highest BCUT2D eigenvalue weighted by molar-refractivity contribution is 5.75. The number of carbonyl (C=O) groups is 1. The fourth-order valence-electron chi connectivity index (χ4n) is 3.82. The van der Waals surface area contributed by atoms with Gasteiger partial charge < -0.3 is 14.7 Å². The van der Waals surface area contributed by atoms with Gasteiger partial charge in [-0.2, -0.15) is 4.98 Å². The van der Waals surface area contributed by atoms with Gasteiger partial charge >= 0.3 is 6.03 Å². The Morgan fingerprint density at radius 2 is 2.18 bits per heavy atom. The molecule has 122 valence electrons. The maximum atomic E-state index is 12.3. The van der Waals surface area contributed by atoms with Gasteiger partial charge in [-0.3, -0.25) is 0 Å². The topological polar surface area (TPSA) is 71.3 Å². The van der Waals surface area contributed by atoms with E-state index in [1.54, 1.807) is 0 Å². The van der Waals surface area contributed by atoms with E-state index in [1.165, 1.54) is 6.42 Å². The summed E-state index contributed by atoms with van der Waals surface area (Å²) in [4.78, 5) is 18.9. The van der Waals surface area contributed by atoms with Crippen LogP contribution in [0.25, 0.3) is 0 Å². The second kappa shape index (κ2) is 5.56. The molecule has 1 saturated heterocycles. The van der Waals surface area contributed by atoms with E-state index in [1.807, 2.05) is 18.7 Å². The molecule has 2 amide bonds. The number of hydrogen-bond acceptors (Lipinski definition) is 4. The Kier molecular flexibility index (Phi) is 3.87. The van der Waals surface area contributed by atoms with Gasteiger partial charge in [0, 0.05) is 25.0 Å². The van der Waals surface area contributed by atoms with Crippen molar-refractivity contribution in [2.75, 3.05) is 13.1 Å². The van der Waals surface area contributed by atoms with E-state index in [0.717, 1.165) is 25.2 Å². The summed E-state index contributed by atoms with van der Waals surface area (Å²) in [5, 5.41) is 7.25. The van der Waals surface area contributed by atoms with Gasteiger partial charge in [0.15, 0.2) is 5.82 Å². The molecule has 6 heteroatoms. The summed E-state index contributed by atoms with van der Waals surface area (Å²) in [5.41, 5.74) is -0.106. The number of nitrogens with zero attached hydrogens (tertiary/aromatic N) is 3. The van der Waals surface area contributed by atoms with E-state index >= 15 is 0 Å². The number of amides is 2. The smallest absolute Gasteiger partial charge is 0.317 e. The quantitative estimate of drug-likeness (QED) is 0.932. The van der Waals surface area contributed by atoms with Crippen LogP contribution in [0.1, 0.15) is 64.6 Å². The zero-order chi connectivity index (χ0) is 15.9. The van der Waals surface area contributed by atoms with E-state index in [4.69, 9.17) is 4.52 Å². The van der Waals surface area contributed by atoms with Crippen molar-refractivity contribution in [1.82, 2.24) is 20.4 Å². The lowest BCUT2D eigenvalue weighted by atomic mass is 9.80. The molecule has 2 fully saturated rings. The van der Waals surface area contributed by atoms with Gasteiger partial charge in [0.05, 0.1) is 5.41 Å². The molecule has 1 aromatic rings. The molecule has 2 heterocycles.